The van der Waals surface area contributed by atoms with Crippen LogP contribution in [0.4, 0.5) is 0 Å². The third-order valence-corrected chi connectivity index (χ3v) is 2.66. The summed E-state index contributed by atoms with van der Waals surface area (Å²) in [5, 5.41) is 11.2. The molecular formula is C10H16N5+. The van der Waals surface area contributed by atoms with E-state index < -0.39 is 0 Å². The summed E-state index contributed by atoms with van der Waals surface area (Å²) in [5.41, 5.74) is 3.24. The van der Waals surface area contributed by atoms with E-state index in [-0.39, 0.29) is 0 Å². The van der Waals surface area contributed by atoms with Crippen molar-refractivity contribution in [3.05, 3.63) is 24.0 Å². The number of quaternary nitrogens is 1. The zero-order valence-corrected chi connectivity index (χ0v) is 9.04. The third-order valence-electron chi connectivity index (χ3n) is 2.66. The first-order valence-corrected chi connectivity index (χ1v) is 5.19. The monoisotopic (exact) mass is 206 g/mol. The van der Waals surface area contributed by atoms with Crippen molar-refractivity contribution in [2.75, 3.05) is 13.1 Å². The van der Waals surface area contributed by atoms with E-state index >= 15 is 0 Å². The molecule has 0 bridgehead atoms. The van der Waals surface area contributed by atoms with E-state index in [4.69, 9.17) is 5.41 Å². The molecule has 80 valence electrons. The fraction of sp³-hybridized carbons (Fsp3) is 0.400. The highest BCUT2D eigenvalue weighted by molar-refractivity contribution is 5.91. The maximum absolute atomic E-state index is 7.97. The minimum atomic E-state index is 0.343. The van der Waals surface area contributed by atoms with Gasteiger partial charge in [0.1, 0.15) is 6.54 Å². The van der Waals surface area contributed by atoms with Crippen molar-refractivity contribution in [3.63, 3.8) is 0 Å². The summed E-state index contributed by atoms with van der Waals surface area (Å²) < 4.78 is 0.343. The number of hydrogen-bond acceptors (Lipinski definition) is 2. The summed E-state index contributed by atoms with van der Waals surface area (Å²) in [6.07, 6.45) is 5.66. The average Bonchev–Trinajstić information content (AvgIpc) is 2.59. The Morgan fingerprint density at radius 2 is 2.27 bits per heavy atom. The van der Waals surface area contributed by atoms with Crippen LogP contribution in [-0.2, 0) is 0 Å². The number of allylic oxidation sites excluding steroid dienone is 2. The highest BCUT2D eigenvalue weighted by Crippen LogP contribution is 2.21. The van der Waals surface area contributed by atoms with Gasteiger partial charge in [-0.25, -0.2) is 10.4 Å². The molecule has 5 heteroatoms. The van der Waals surface area contributed by atoms with Gasteiger partial charge >= 0.3 is 0 Å². The molecule has 1 unspecified atom stereocenters. The molecule has 1 fully saturated rings. The van der Waals surface area contributed by atoms with E-state index in [0.717, 1.165) is 24.9 Å². The SMILES string of the molecule is CCN=C1NC2=CC=CC(=N)[N+]2(CC)N1. The molecule has 5 nitrogen and oxygen atoms in total. The second kappa shape index (κ2) is 3.51. The van der Waals surface area contributed by atoms with E-state index in [1.54, 1.807) is 6.08 Å². The molecule has 0 aromatic carbocycles. The van der Waals surface area contributed by atoms with Crippen LogP contribution >= 0.6 is 0 Å². The molecule has 0 aromatic rings. The summed E-state index contributed by atoms with van der Waals surface area (Å²) in [4.78, 5) is 4.29. The largest absolute Gasteiger partial charge is 0.275 e. The van der Waals surface area contributed by atoms with Gasteiger partial charge in [0, 0.05) is 18.7 Å². The van der Waals surface area contributed by atoms with Gasteiger partial charge in [-0.2, -0.15) is 5.43 Å². The molecule has 3 N–H and O–H groups in total. The Labute approximate surface area is 89.3 Å². The van der Waals surface area contributed by atoms with Crippen LogP contribution < -0.4 is 10.7 Å². The summed E-state index contributed by atoms with van der Waals surface area (Å²) >= 11 is 0. The number of aliphatic imine (C=N–C) groups is 1. The van der Waals surface area contributed by atoms with Gasteiger partial charge in [-0.3, -0.25) is 5.32 Å². The summed E-state index contributed by atoms with van der Waals surface area (Å²) in [6.45, 7) is 5.55. The quantitative estimate of drug-likeness (QED) is 0.582. The first-order chi connectivity index (χ1) is 7.23. The number of likely N-dealkylation sites (N-methyl/N-ethyl adjacent to an activating group) is 1. The number of guanidine groups is 1. The second-order valence-corrected chi connectivity index (χ2v) is 3.48. The van der Waals surface area contributed by atoms with E-state index in [1.807, 2.05) is 26.0 Å². The van der Waals surface area contributed by atoms with Crippen LogP contribution in [0.2, 0.25) is 0 Å². The van der Waals surface area contributed by atoms with Gasteiger partial charge in [0.2, 0.25) is 11.8 Å². The van der Waals surface area contributed by atoms with Crippen LogP contribution in [0.1, 0.15) is 13.8 Å². The van der Waals surface area contributed by atoms with Crippen molar-refractivity contribution in [2.45, 2.75) is 13.8 Å². The third kappa shape index (κ3) is 1.35. The van der Waals surface area contributed by atoms with Crippen molar-refractivity contribution >= 4 is 11.8 Å². The van der Waals surface area contributed by atoms with E-state index in [0.29, 0.717) is 10.4 Å². The van der Waals surface area contributed by atoms with Crippen molar-refractivity contribution in [1.29, 1.82) is 5.41 Å². The lowest BCUT2D eigenvalue weighted by Gasteiger charge is -2.29. The van der Waals surface area contributed by atoms with Crippen LogP contribution in [-0.4, -0.2) is 29.5 Å². The Morgan fingerprint density at radius 3 is 2.87 bits per heavy atom. The molecule has 2 rings (SSSR count). The smallest absolute Gasteiger partial charge is 0.251 e. The predicted octanol–water partition coefficient (Wildman–Crippen LogP) is 0.695. The molecule has 0 aliphatic carbocycles. The lowest BCUT2D eigenvalue weighted by Crippen LogP contribution is -2.57. The molecular weight excluding hydrogens is 190 g/mol. The Morgan fingerprint density at radius 1 is 1.47 bits per heavy atom. The fourth-order valence-corrected chi connectivity index (χ4v) is 1.85. The van der Waals surface area contributed by atoms with Crippen molar-refractivity contribution < 1.29 is 4.59 Å². The highest BCUT2D eigenvalue weighted by Gasteiger charge is 2.45. The zero-order chi connectivity index (χ0) is 10.9. The number of nitrogens with one attached hydrogen (secondary N) is 3. The maximum Gasteiger partial charge on any atom is 0.251 e. The molecule has 1 atom stereocenters. The molecule has 0 spiro atoms. The number of fused-ring (bicyclic) bond motifs is 1. The molecule has 0 aromatic heterocycles. The standard InChI is InChI=1S/C10H16N5/c1-3-12-10-13-9-7-5-6-8(11)15(9,4-2)14-10/h5-7,11H,3-4H2,1-2H3,(H2,12,13,14)/q+1. The molecule has 2 aliphatic rings. The van der Waals surface area contributed by atoms with Gasteiger partial charge in [0.05, 0.1) is 0 Å². The number of nitrogens with zero attached hydrogens (tertiary/aromatic N) is 2. The first kappa shape index (κ1) is 9.92. The Balaban J connectivity index is 2.38. The number of hydrogen-bond donors (Lipinski definition) is 3. The number of rotatable bonds is 2. The normalized spacial score (nSPS) is 30.9. The minimum absolute atomic E-state index is 0.343. The molecule has 0 amide bonds. The van der Waals surface area contributed by atoms with E-state index in [9.17, 15) is 0 Å². The number of amidine groups is 1. The van der Waals surface area contributed by atoms with Gasteiger partial charge in [0.15, 0.2) is 0 Å². The van der Waals surface area contributed by atoms with Gasteiger partial charge in [-0.1, -0.05) is 0 Å². The molecule has 1 saturated heterocycles. The first-order valence-electron chi connectivity index (χ1n) is 5.19. The van der Waals surface area contributed by atoms with E-state index in [2.05, 4.69) is 15.7 Å². The Bertz CT molecular complexity index is 379. The second-order valence-electron chi connectivity index (χ2n) is 3.48. The van der Waals surface area contributed by atoms with Gasteiger partial charge in [0.25, 0.3) is 5.84 Å². The summed E-state index contributed by atoms with van der Waals surface area (Å²) in [6, 6.07) is 0. The van der Waals surface area contributed by atoms with E-state index in [1.165, 1.54) is 0 Å². The molecule has 0 radical (unpaired) electrons. The molecule has 2 aliphatic heterocycles. The lowest BCUT2D eigenvalue weighted by molar-refractivity contribution is -0.831. The van der Waals surface area contributed by atoms with Crippen molar-refractivity contribution in [3.8, 4) is 0 Å². The van der Waals surface area contributed by atoms with Gasteiger partial charge in [-0.05, 0) is 19.9 Å². The van der Waals surface area contributed by atoms with Crippen LogP contribution in [0, 0.1) is 5.41 Å². The van der Waals surface area contributed by atoms with Crippen LogP contribution in [0.25, 0.3) is 0 Å². The van der Waals surface area contributed by atoms with Gasteiger partial charge < -0.3 is 0 Å². The van der Waals surface area contributed by atoms with Crippen LogP contribution in [0.5, 0.6) is 0 Å². The Hall–Kier alpha value is -1.62. The molecule has 0 saturated carbocycles. The predicted molar refractivity (Wildman–Crippen MR) is 60.0 cm³/mol. The average molecular weight is 206 g/mol. The van der Waals surface area contributed by atoms with Crippen LogP contribution in [0.15, 0.2) is 29.0 Å². The van der Waals surface area contributed by atoms with Crippen molar-refractivity contribution in [1.82, 2.24) is 10.7 Å². The lowest BCUT2D eigenvalue weighted by atomic mass is 10.3. The van der Waals surface area contributed by atoms with Crippen LogP contribution in [0.3, 0.4) is 0 Å². The van der Waals surface area contributed by atoms with Gasteiger partial charge in [-0.15, -0.1) is 4.59 Å². The molecule has 15 heavy (non-hydrogen) atoms. The topological polar surface area (TPSA) is 60.3 Å². The summed E-state index contributed by atoms with van der Waals surface area (Å²) in [5.74, 6) is 2.25. The minimum Gasteiger partial charge on any atom is -0.275 e. The summed E-state index contributed by atoms with van der Waals surface area (Å²) in [7, 11) is 0. The van der Waals surface area contributed by atoms with Crippen molar-refractivity contribution in [2.24, 2.45) is 4.99 Å². The highest BCUT2D eigenvalue weighted by atomic mass is 15.8. The Kier molecular flexibility index (Phi) is 2.32. The zero-order valence-electron chi connectivity index (χ0n) is 9.04. The molecule has 2 heterocycles. The maximum atomic E-state index is 7.97. The fourth-order valence-electron chi connectivity index (χ4n) is 1.85.